The van der Waals surface area contributed by atoms with Crippen LogP contribution >= 0.6 is 0 Å². The highest BCUT2D eigenvalue weighted by molar-refractivity contribution is 5.70. The number of esters is 1. The van der Waals surface area contributed by atoms with Crippen molar-refractivity contribution in [3.8, 4) is 0 Å². The molecule has 0 aromatic heterocycles. The van der Waals surface area contributed by atoms with Crippen molar-refractivity contribution in [3.05, 3.63) is 29.8 Å². The highest BCUT2D eigenvalue weighted by atomic mass is 16.5. The van der Waals surface area contributed by atoms with Crippen LogP contribution in [0.5, 0.6) is 0 Å². The van der Waals surface area contributed by atoms with Gasteiger partial charge in [0.05, 0.1) is 6.42 Å². The van der Waals surface area contributed by atoms with Gasteiger partial charge in [0.2, 0.25) is 0 Å². The largest absolute Gasteiger partial charge is 0.462 e. The smallest absolute Gasteiger partial charge is 0.307 e. The molecular formula is C17H25NO2. The van der Waals surface area contributed by atoms with Crippen molar-refractivity contribution in [2.75, 3.05) is 11.9 Å². The first-order valence-corrected chi connectivity index (χ1v) is 7.74. The molecule has 0 radical (unpaired) electrons. The normalized spacial score (nSPS) is 16.4. The topological polar surface area (TPSA) is 38.3 Å². The number of ether oxygens (including phenoxy) is 1. The molecule has 1 saturated carbocycles. The van der Waals surface area contributed by atoms with Crippen molar-refractivity contribution >= 4 is 11.7 Å². The molecule has 0 spiro atoms. The third-order valence-corrected chi connectivity index (χ3v) is 3.89. The van der Waals surface area contributed by atoms with E-state index < -0.39 is 0 Å². The van der Waals surface area contributed by atoms with E-state index in [1.165, 1.54) is 31.2 Å². The minimum atomic E-state index is -0.0713. The average Bonchev–Trinajstić information content (AvgIpc) is 2.69. The number of hydrogen-bond donors (Lipinski definition) is 1. The maximum atomic E-state index is 11.8. The summed E-state index contributed by atoms with van der Waals surface area (Å²) in [5.74, 6) is -0.0713. The van der Waals surface area contributed by atoms with Gasteiger partial charge in [-0.15, -0.1) is 0 Å². The van der Waals surface area contributed by atoms with Crippen LogP contribution in [0.15, 0.2) is 24.3 Å². The number of benzene rings is 1. The van der Waals surface area contributed by atoms with E-state index in [1.54, 1.807) is 0 Å². The lowest BCUT2D eigenvalue weighted by Gasteiger charge is -2.15. The maximum Gasteiger partial charge on any atom is 0.307 e. The Labute approximate surface area is 121 Å². The third-order valence-electron chi connectivity index (χ3n) is 3.89. The van der Waals surface area contributed by atoms with Crippen LogP contribution in [0.3, 0.4) is 0 Å². The van der Waals surface area contributed by atoms with Gasteiger partial charge < -0.3 is 10.1 Å². The number of rotatable bonds is 5. The average molecular weight is 275 g/mol. The van der Waals surface area contributed by atoms with E-state index in [1.807, 2.05) is 18.2 Å². The van der Waals surface area contributed by atoms with Crippen LogP contribution in [0.1, 0.15) is 50.5 Å². The van der Waals surface area contributed by atoms with Gasteiger partial charge in [0, 0.05) is 12.2 Å². The van der Waals surface area contributed by atoms with E-state index in [9.17, 15) is 4.79 Å². The van der Waals surface area contributed by atoms with Crippen LogP contribution in [0.2, 0.25) is 0 Å². The molecule has 20 heavy (non-hydrogen) atoms. The van der Waals surface area contributed by atoms with Crippen LogP contribution < -0.4 is 5.32 Å². The molecule has 1 N–H and O–H groups in total. The Hall–Kier alpha value is -1.51. The van der Waals surface area contributed by atoms with Gasteiger partial charge in [0.15, 0.2) is 0 Å². The minimum Gasteiger partial charge on any atom is -0.462 e. The maximum absolute atomic E-state index is 11.8. The first-order valence-electron chi connectivity index (χ1n) is 7.74. The number of aryl methyl sites for hydroxylation is 1. The fourth-order valence-corrected chi connectivity index (χ4v) is 2.68. The first kappa shape index (κ1) is 14.9. The van der Waals surface area contributed by atoms with Gasteiger partial charge in [-0.1, -0.05) is 31.0 Å². The molecule has 3 heteroatoms. The molecule has 2 rings (SSSR count). The van der Waals surface area contributed by atoms with Crippen LogP contribution in [0.4, 0.5) is 5.69 Å². The molecule has 0 heterocycles. The molecule has 0 unspecified atom stereocenters. The van der Waals surface area contributed by atoms with Crippen molar-refractivity contribution < 1.29 is 9.53 Å². The Morgan fingerprint density at radius 3 is 2.60 bits per heavy atom. The molecule has 1 aliphatic rings. The summed E-state index contributed by atoms with van der Waals surface area (Å²) in [5, 5.41) is 3.29. The van der Waals surface area contributed by atoms with E-state index >= 15 is 0 Å². The van der Waals surface area contributed by atoms with Crippen molar-refractivity contribution in [1.82, 2.24) is 0 Å². The summed E-state index contributed by atoms with van der Waals surface area (Å²) in [5.41, 5.74) is 2.29. The van der Waals surface area contributed by atoms with Gasteiger partial charge >= 0.3 is 5.97 Å². The highest BCUT2D eigenvalue weighted by Crippen LogP contribution is 2.20. The molecule has 0 aliphatic heterocycles. The molecule has 0 amide bonds. The number of carbonyl (C=O) groups is 1. The van der Waals surface area contributed by atoms with Crippen molar-refractivity contribution in [3.63, 3.8) is 0 Å². The number of anilines is 1. The Kier molecular flexibility index (Phi) is 5.90. The van der Waals surface area contributed by atoms with Gasteiger partial charge in [-0.05, 0) is 44.2 Å². The lowest BCUT2D eigenvalue weighted by Crippen LogP contribution is -2.19. The van der Waals surface area contributed by atoms with Gasteiger partial charge in [0.1, 0.15) is 6.10 Å². The molecule has 1 aromatic carbocycles. The van der Waals surface area contributed by atoms with Gasteiger partial charge in [0.25, 0.3) is 0 Å². The van der Waals surface area contributed by atoms with E-state index in [0.717, 1.165) is 18.5 Å². The third kappa shape index (κ3) is 4.87. The Morgan fingerprint density at radius 1 is 1.20 bits per heavy atom. The molecule has 3 nitrogen and oxygen atoms in total. The summed E-state index contributed by atoms with van der Waals surface area (Å²) in [6.07, 6.45) is 7.62. The van der Waals surface area contributed by atoms with Crippen LogP contribution in [0.25, 0.3) is 0 Å². The van der Waals surface area contributed by atoms with E-state index in [2.05, 4.69) is 18.3 Å². The summed E-state index contributed by atoms with van der Waals surface area (Å²) < 4.78 is 5.56. The molecule has 0 bridgehead atoms. The molecule has 1 aliphatic carbocycles. The summed E-state index contributed by atoms with van der Waals surface area (Å²) in [4.78, 5) is 11.8. The lowest BCUT2D eigenvalue weighted by atomic mass is 10.1. The summed E-state index contributed by atoms with van der Waals surface area (Å²) in [6, 6.07) is 8.11. The fraction of sp³-hybridized carbons (Fsp3) is 0.588. The number of nitrogens with one attached hydrogen (secondary N) is 1. The minimum absolute atomic E-state index is 0.0713. The lowest BCUT2D eigenvalue weighted by molar-refractivity contribution is -0.149. The fourth-order valence-electron chi connectivity index (χ4n) is 2.68. The van der Waals surface area contributed by atoms with Crippen molar-refractivity contribution in [1.29, 1.82) is 0 Å². The van der Waals surface area contributed by atoms with Crippen LogP contribution in [-0.2, 0) is 9.53 Å². The molecule has 110 valence electrons. The zero-order valence-corrected chi connectivity index (χ0v) is 12.4. The van der Waals surface area contributed by atoms with Gasteiger partial charge in [-0.2, -0.15) is 0 Å². The number of hydrogen-bond acceptors (Lipinski definition) is 3. The second-order valence-electron chi connectivity index (χ2n) is 5.60. The molecule has 1 aromatic rings. The predicted octanol–water partition coefficient (Wildman–Crippen LogP) is 4.06. The molecule has 0 atom stereocenters. The number of carbonyl (C=O) groups excluding carboxylic acids is 1. The molecule has 0 saturated heterocycles. The van der Waals surface area contributed by atoms with Gasteiger partial charge in [-0.25, -0.2) is 0 Å². The zero-order chi connectivity index (χ0) is 14.2. The first-order chi connectivity index (χ1) is 9.75. The second kappa shape index (κ2) is 7.93. The summed E-state index contributed by atoms with van der Waals surface area (Å²) >= 11 is 0. The zero-order valence-electron chi connectivity index (χ0n) is 12.4. The Bertz CT molecular complexity index is 423. The molecular weight excluding hydrogens is 250 g/mol. The predicted molar refractivity (Wildman–Crippen MR) is 81.9 cm³/mol. The van der Waals surface area contributed by atoms with Gasteiger partial charge in [-0.3, -0.25) is 4.79 Å². The van der Waals surface area contributed by atoms with E-state index in [4.69, 9.17) is 4.74 Å². The van der Waals surface area contributed by atoms with E-state index in [0.29, 0.717) is 13.0 Å². The second-order valence-corrected chi connectivity index (χ2v) is 5.60. The number of para-hydroxylation sites is 1. The summed E-state index contributed by atoms with van der Waals surface area (Å²) in [6.45, 7) is 2.70. The molecule has 1 fully saturated rings. The quantitative estimate of drug-likeness (QED) is 0.650. The standard InChI is InChI=1S/C17H25NO2/c1-14-8-6-7-11-16(14)18-13-12-17(19)20-15-9-4-2-3-5-10-15/h6-8,11,15,18H,2-5,9-10,12-13H2,1H3. The SMILES string of the molecule is Cc1ccccc1NCCC(=O)OC1CCCCCC1. The summed E-state index contributed by atoms with van der Waals surface area (Å²) in [7, 11) is 0. The Balaban J connectivity index is 1.68. The Morgan fingerprint density at radius 2 is 1.90 bits per heavy atom. The van der Waals surface area contributed by atoms with Crippen LogP contribution in [-0.4, -0.2) is 18.6 Å². The van der Waals surface area contributed by atoms with Crippen LogP contribution in [0, 0.1) is 6.92 Å². The van der Waals surface area contributed by atoms with Crippen molar-refractivity contribution in [2.24, 2.45) is 0 Å². The van der Waals surface area contributed by atoms with Crippen molar-refractivity contribution in [2.45, 2.75) is 58.0 Å². The highest BCUT2D eigenvalue weighted by Gasteiger charge is 2.16. The monoisotopic (exact) mass is 275 g/mol. The van der Waals surface area contributed by atoms with E-state index in [-0.39, 0.29) is 12.1 Å².